The lowest BCUT2D eigenvalue weighted by molar-refractivity contribution is -0.0254. The highest BCUT2D eigenvalue weighted by Crippen LogP contribution is 2.20. The molecule has 1 aromatic rings. The summed E-state index contributed by atoms with van der Waals surface area (Å²) in [6, 6.07) is 0. The Labute approximate surface area is 126 Å². The molecule has 1 aliphatic rings. The highest BCUT2D eigenvalue weighted by atomic mass is 35.5. The molecule has 1 aliphatic heterocycles. The van der Waals surface area contributed by atoms with Crippen molar-refractivity contribution in [3.8, 4) is 0 Å². The van der Waals surface area contributed by atoms with Crippen molar-refractivity contribution in [2.45, 2.75) is 40.0 Å². The smallest absolute Gasteiger partial charge is 0.0860 e. The monoisotopic (exact) mass is 300 g/mol. The van der Waals surface area contributed by atoms with Crippen molar-refractivity contribution in [1.29, 1.82) is 0 Å². The molecule has 0 bridgehead atoms. The number of likely N-dealkylation sites (N-methyl/N-ethyl adjacent to an activating group) is 1. The fourth-order valence-electron chi connectivity index (χ4n) is 2.58. The maximum absolute atomic E-state index is 6.30. The predicted octanol–water partition coefficient (Wildman–Crippen LogP) is 1.68. The van der Waals surface area contributed by atoms with Gasteiger partial charge in [-0.15, -0.1) is 0 Å². The third kappa shape index (κ3) is 3.73. The molecule has 20 heavy (non-hydrogen) atoms. The molecular formula is C14H25ClN4O. The molecular weight excluding hydrogens is 276 g/mol. The van der Waals surface area contributed by atoms with Gasteiger partial charge in [0, 0.05) is 32.7 Å². The number of aryl methyl sites for hydroxylation is 2. The Hall–Kier alpha value is -0.620. The van der Waals surface area contributed by atoms with Crippen molar-refractivity contribution in [2.24, 2.45) is 0 Å². The largest absolute Gasteiger partial charge is 0.374 e. The summed E-state index contributed by atoms with van der Waals surface area (Å²) in [4.78, 5) is 2.42. The van der Waals surface area contributed by atoms with E-state index in [-0.39, 0.29) is 6.10 Å². The van der Waals surface area contributed by atoms with Crippen LogP contribution in [0.2, 0.25) is 5.02 Å². The molecule has 1 unspecified atom stereocenters. The Morgan fingerprint density at radius 2 is 2.20 bits per heavy atom. The SMILES string of the molecule is CCN1CCOC(CNCc2c(Cl)c(C)nn2CC)C1. The van der Waals surface area contributed by atoms with E-state index in [2.05, 4.69) is 29.2 Å². The minimum absolute atomic E-state index is 0.265. The minimum atomic E-state index is 0.265. The van der Waals surface area contributed by atoms with Gasteiger partial charge in [-0.3, -0.25) is 9.58 Å². The molecule has 2 heterocycles. The number of halogens is 1. The average Bonchev–Trinajstić information content (AvgIpc) is 2.75. The van der Waals surface area contributed by atoms with Crippen LogP contribution in [0.1, 0.15) is 25.2 Å². The molecule has 0 aromatic carbocycles. The summed E-state index contributed by atoms with van der Waals surface area (Å²) >= 11 is 6.30. The lowest BCUT2D eigenvalue weighted by Crippen LogP contribution is -2.46. The van der Waals surface area contributed by atoms with Crippen LogP contribution >= 0.6 is 11.6 Å². The molecule has 0 amide bonds. The molecule has 0 radical (unpaired) electrons. The summed E-state index contributed by atoms with van der Waals surface area (Å²) in [7, 11) is 0. The molecule has 6 heteroatoms. The van der Waals surface area contributed by atoms with Crippen LogP contribution in [0.15, 0.2) is 0 Å². The van der Waals surface area contributed by atoms with Crippen LogP contribution < -0.4 is 5.32 Å². The molecule has 1 aromatic heterocycles. The summed E-state index contributed by atoms with van der Waals surface area (Å²) in [6.07, 6.45) is 0.265. The van der Waals surface area contributed by atoms with E-state index in [4.69, 9.17) is 16.3 Å². The molecule has 1 atom stereocenters. The number of nitrogens with one attached hydrogen (secondary N) is 1. The first-order valence-electron chi connectivity index (χ1n) is 7.42. The molecule has 114 valence electrons. The maximum Gasteiger partial charge on any atom is 0.0860 e. The van der Waals surface area contributed by atoms with Crippen molar-refractivity contribution in [3.05, 3.63) is 16.4 Å². The van der Waals surface area contributed by atoms with E-state index in [1.165, 1.54) is 0 Å². The highest BCUT2D eigenvalue weighted by Gasteiger charge is 2.19. The standard InChI is InChI=1S/C14H25ClN4O/c1-4-18-6-7-20-12(10-18)8-16-9-13-14(15)11(3)17-19(13)5-2/h12,16H,4-10H2,1-3H3. The topological polar surface area (TPSA) is 42.3 Å². The van der Waals surface area contributed by atoms with E-state index >= 15 is 0 Å². The van der Waals surface area contributed by atoms with E-state index in [0.717, 1.165) is 62.3 Å². The molecule has 5 nitrogen and oxygen atoms in total. The van der Waals surface area contributed by atoms with Crippen molar-refractivity contribution in [1.82, 2.24) is 20.0 Å². The van der Waals surface area contributed by atoms with E-state index in [9.17, 15) is 0 Å². The van der Waals surface area contributed by atoms with Crippen LogP contribution in [-0.4, -0.2) is 53.6 Å². The zero-order valence-electron chi connectivity index (χ0n) is 12.7. The number of aromatic nitrogens is 2. The van der Waals surface area contributed by atoms with Crippen LogP contribution in [0.4, 0.5) is 0 Å². The van der Waals surface area contributed by atoms with Crippen molar-refractivity contribution in [3.63, 3.8) is 0 Å². The lowest BCUT2D eigenvalue weighted by Gasteiger charge is -2.32. The minimum Gasteiger partial charge on any atom is -0.374 e. The quantitative estimate of drug-likeness (QED) is 0.868. The Bertz CT molecular complexity index is 435. The number of ether oxygens (including phenoxy) is 1. The zero-order valence-corrected chi connectivity index (χ0v) is 13.4. The molecule has 2 rings (SSSR count). The fraction of sp³-hybridized carbons (Fsp3) is 0.786. The fourth-order valence-corrected chi connectivity index (χ4v) is 2.78. The second-order valence-corrected chi connectivity index (χ2v) is 5.56. The van der Waals surface area contributed by atoms with Gasteiger partial charge in [-0.2, -0.15) is 5.10 Å². The first-order chi connectivity index (χ1) is 9.65. The summed E-state index contributed by atoms with van der Waals surface area (Å²) < 4.78 is 7.74. The average molecular weight is 301 g/mol. The second kappa shape index (κ2) is 7.41. The number of hydrogen-bond acceptors (Lipinski definition) is 4. The molecule has 1 N–H and O–H groups in total. The molecule has 0 saturated carbocycles. The van der Waals surface area contributed by atoms with E-state index < -0.39 is 0 Å². The van der Waals surface area contributed by atoms with Gasteiger partial charge in [0.15, 0.2) is 0 Å². The number of morpholine rings is 1. The van der Waals surface area contributed by atoms with Crippen molar-refractivity contribution >= 4 is 11.6 Å². The van der Waals surface area contributed by atoms with Crippen molar-refractivity contribution < 1.29 is 4.74 Å². The number of nitrogens with zero attached hydrogens (tertiary/aromatic N) is 3. The van der Waals surface area contributed by atoms with Gasteiger partial charge in [-0.25, -0.2) is 0 Å². The second-order valence-electron chi connectivity index (χ2n) is 5.18. The summed E-state index contributed by atoms with van der Waals surface area (Å²) in [5, 5.41) is 8.65. The highest BCUT2D eigenvalue weighted by molar-refractivity contribution is 6.31. The third-order valence-corrected chi connectivity index (χ3v) is 4.28. The first kappa shape index (κ1) is 15.8. The molecule has 1 saturated heterocycles. The maximum atomic E-state index is 6.30. The summed E-state index contributed by atoms with van der Waals surface area (Å²) in [5.41, 5.74) is 1.96. The Morgan fingerprint density at radius 3 is 2.90 bits per heavy atom. The molecule has 0 aliphatic carbocycles. The number of rotatable bonds is 6. The lowest BCUT2D eigenvalue weighted by atomic mass is 10.2. The normalized spacial score (nSPS) is 20.5. The molecule has 1 fully saturated rings. The Kier molecular flexibility index (Phi) is 5.84. The van der Waals surface area contributed by atoms with Gasteiger partial charge in [0.1, 0.15) is 0 Å². The Balaban J connectivity index is 1.84. The van der Waals surface area contributed by atoms with Crippen LogP contribution in [-0.2, 0) is 17.8 Å². The van der Waals surface area contributed by atoms with Gasteiger partial charge >= 0.3 is 0 Å². The van der Waals surface area contributed by atoms with E-state index in [1.54, 1.807) is 0 Å². The predicted molar refractivity (Wildman–Crippen MR) is 81.2 cm³/mol. The third-order valence-electron chi connectivity index (χ3n) is 3.79. The van der Waals surface area contributed by atoms with Gasteiger partial charge in [-0.05, 0) is 20.4 Å². The van der Waals surface area contributed by atoms with Gasteiger partial charge in [0.05, 0.1) is 29.1 Å². The zero-order chi connectivity index (χ0) is 14.5. The number of hydrogen-bond donors (Lipinski definition) is 1. The van der Waals surface area contributed by atoms with Gasteiger partial charge in [-0.1, -0.05) is 18.5 Å². The van der Waals surface area contributed by atoms with Crippen molar-refractivity contribution in [2.75, 3.05) is 32.8 Å². The first-order valence-corrected chi connectivity index (χ1v) is 7.79. The molecule has 0 spiro atoms. The Morgan fingerprint density at radius 1 is 1.40 bits per heavy atom. The van der Waals surface area contributed by atoms with E-state index in [0.29, 0.717) is 0 Å². The van der Waals surface area contributed by atoms with E-state index in [1.807, 2.05) is 11.6 Å². The van der Waals surface area contributed by atoms with Crippen LogP contribution in [0.25, 0.3) is 0 Å². The van der Waals surface area contributed by atoms with Crippen LogP contribution in [0, 0.1) is 6.92 Å². The van der Waals surface area contributed by atoms with Gasteiger partial charge in [0.2, 0.25) is 0 Å². The van der Waals surface area contributed by atoms with Crippen LogP contribution in [0.3, 0.4) is 0 Å². The van der Waals surface area contributed by atoms with Gasteiger partial charge in [0.25, 0.3) is 0 Å². The summed E-state index contributed by atoms with van der Waals surface area (Å²) in [6.45, 7) is 12.6. The summed E-state index contributed by atoms with van der Waals surface area (Å²) in [5.74, 6) is 0. The van der Waals surface area contributed by atoms with Crippen LogP contribution in [0.5, 0.6) is 0 Å². The van der Waals surface area contributed by atoms with Gasteiger partial charge < -0.3 is 10.1 Å².